The van der Waals surface area contributed by atoms with Gasteiger partial charge in [0.25, 0.3) is 10.2 Å². The maximum atomic E-state index is 12.4. The Labute approximate surface area is 126 Å². The maximum Gasteiger partial charge on any atom is 0.282 e. The van der Waals surface area contributed by atoms with Crippen LogP contribution in [0.3, 0.4) is 0 Å². The highest BCUT2D eigenvalue weighted by molar-refractivity contribution is 7.86. The third kappa shape index (κ3) is 3.17. The highest BCUT2D eigenvalue weighted by atomic mass is 32.2. The minimum atomic E-state index is -3.43. The molecule has 0 aromatic carbocycles. The SMILES string of the molecule is Cc1nc([C@H]2CCCN2S(=O)(=O)N(C)C)cc(N(C)C)n1. The lowest BCUT2D eigenvalue weighted by Gasteiger charge is -2.27. The largest absolute Gasteiger partial charge is 0.363 e. The fraction of sp³-hybridized carbons (Fsp3) is 0.692. The molecular formula is C13H23N5O2S. The lowest BCUT2D eigenvalue weighted by atomic mass is 10.1. The van der Waals surface area contributed by atoms with Crippen molar-refractivity contribution in [1.82, 2.24) is 18.6 Å². The molecule has 0 aliphatic carbocycles. The summed E-state index contributed by atoms with van der Waals surface area (Å²) >= 11 is 0. The normalized spacial score (nSPS) is 20.2. The number of hydrogen-bond acceptors (Lipinski definition) is 5. The summed E-state index contributed by atoms with van der Waals surface area (Å²) in [4.78, 5) is 10.7. The van der Waals surface area contributed by atoms with E-state index >= 15 is 0 Å². The van der Waals surface area contributed by atoms with Gasteiger partial charge < -0.3 is 4.90 Å². The van der Waals surface area contributed by atoms with Crippen molar-refractivity contribution in [3.05, 3.63) is 17.6 Å². The Kier molecular flexibility index (Phi) is 4.50. The summed E-state index contributed by atoms with van der Waals surface area (Å²) in [6.07, 6.45) is 1.63. The van der Waals surface area contributed by atoms with Gasteiger partial charge in [-0.2, -0.15) is 17.0 Å². The minimum absolute atomic E-state index is 0.210. The van der Waals surface area contributed by atoms with Crippen molar-refractivity contribution in [2.24, 2.45) is 0 Å². The molecule has 118 valence electrons. The molecule has 1 aliphatic rings. The Hall–Kier alpha value is -1.25. The van der Waals surface area contributed by atoms with E-state index in [0.29, 0.717) is 12.4 Å². The van der Waals surface area contributed by atoms with E-state index in [4.69, 9.17) is 0 Å². The average Bonchev–Trinajstić information content (AvgIpc) is 2.87. The molecule has 0 amide bonds. The molecule has 1 aromatic heterocycles. The molecule has 1 aliphatic heterocycles. The number of aromatic nitrogens is 2. The standard InChI is InChI=1S/C13H23N5O2S/c1-10-14-11(9-13(15-10)16(2)3)12-7-6-8-18(12)21(19,20)17(4)5/h9,12H,6-8H2,1-5H3/t12-/m1/s1. The van der Waals surface area contributed by atoms with Crippen molar-refractivity contribution in [3.8, 4) is 0 Å². The Balaban J connectivity index is 2.41. The van der Waals surface area contributed by atoms with E-state index in [1.807, 2.05) is 32.0 Å². The molecule has 0 saturated carbocycles. The lowest BCUT2D eigenvalue weighted by molar-refractivity contribution is 0.357. The summed E-state index contributed by atoms with van der Waals surface area (Å²) < 4.78 is 27.6. The fourth-order valence-corrected chi connectivity index (χ4v) is 3.81. The molecular weight excluding hydrogens is 290 g/mol. The molecule has 0 unspecified atom stereocenters. The fourth-order valence-electron chi connectivity index (χ4n) is 2.50. The number of anilines is 1. The van der Waals surface area contributed by atoms with Gasteiger partial charge in [-0.25, -0.2) is 9.97 Å². The molecule has 1 aromatic rings. The van der Waals surface area contributed by atoms with E-state index < -0.39 is 10.2 Å². The van der Waals surface area contributed by atoms with Crippen LogP contribution in [0.4, 0.5) is 5.82 Å². The molecule has 2 rings (SSSR count). The number of rotatable bonds is 4. The van der Waals surface area contributed by atoms with Crippen molar-refractivity contribution in [3.63, 3.8) is 0 Å². The van der Waals surface area contributed by atoms with Crippen LogP contribution in [0.1, 0.15) is 30.4 Å². The van der Waals surface area contributed by atoms with Crippen LogP contribution in [0, 0.1) is 6.92 Å². The van der Waals surface area contributed by atoms with Crippen LogP contribution in [0.15, 0.2) is 6.07 Å². The number of nitrogens with zero attached hydrogens (tertiary/aromatic N) is 5. The van der Waals surface area contributed by atoms with Gasteiger partial charge in [-0.05, 0) is 19.8 Å². The van der Waals surface area contributed by atoms with Crippen molar-refractivity contribution >= 4 is 16.0 Å². The van der Waals surface area contributed by atoms with Crippen LogP contribution in [0.25, 0.3) is 0 Å². The molecule has 0 radical (unpaired) electrons. The summed E-state index contributed by atoms with van der Waals surface area (Å²) in [5.74, 6) is 1.46. The van der Waals surface area contributed by atoms with E-state index in [0.717, 1.165) is 24.4 Å². The predicted octanol–water partition coefficient (Wildman–Crippen LogP) is 0.794. The topological polar surface area (TPSA) is 69.6 Å². The van der Waals surface area contributed by atoms with Gasteiger partial charge >= 0.3 is 0 Å². The van der Waals surface area contributed by atoms with Gasteiger partial charge in [0.05, 0.1) is 11.7 Å². The van der Waals surface area contributed by atoms with Crippen LogP contribution in [0.2, 0.25) is 0 Å². The Bertz CT molecular complexity index is 615. The second-order valence-corrected chi connectivity index (χ2v) is 7.75. The predicted molar refractivity (Wildman–Crippen MR) is 82.4 cm³/mol. The zero-order chi connectivity index (χ0) is 15.8. The van der Waals surface area contributed by atoms with Gasteiger partial charge in [-0.3, -0.25) is 0 Å². The van der Waals surface area contributed by atoms with E-state index in [2.05, 4.69) is 9.97 Å². The van der Waals surface area contributed by atoms with Crippen molar-refractivity contribution in [2.75, 3.05) is 39.6 Å². The van der Waals surface area contributed by atoms with Crippen LogP contribution >= 0.6 is 0 Å². The quantitative estimate of drug-likeness (QED) is 0.822. The summed E-state index contributed by atoms with van der Waals surface area (Å²) in [7, 11) is 3.51. The molecule has 1 fully saturated rings. The number of hydrogen-bond donors (Lipinski definition) is 0. The van der Waals surface area contributed by atoms with Crippen molar-refractivity contribution in [1.29, 1.82) is 0 Å². The second-order valence-electron chi connectivity index (χ2n) is 5.65. The molecule has 0 bridgehead atoms. The highest BCUT2D eigenvalue weighted by Crippen LogP contribution is 2.34. The third-order valence-corrected chi connectivity index (χ3v) is 5.56. The van der Waals surface area contributed by atoms with Gasteiger partial charge in [0, 0.05) is 40.8 Å². The molecule has 0 N–H and O–H groups in total. The highest BCUT2D eigenvalue weighted by Gasteiger charge is 2.37. The Morgan fingerprint density at radius 1 is 1.24 bits per heavy atom. The van der Waals surface area contributed by atoms with Gasteiger partial charge in [-0.15, -0.1) is 0 Å². The molecule has 0 spiro atoms. The molecule has 1 saturated heterocycles. The average molecular weight is 313 g/mol. The Morgan fingerprint density at radius 3 is 2.48 bits per heavy atom. The zero-order valence-electron chi connectivity index (χ0n) is 13.2. The molecule has 1 atom stereocenters. The summed E-state index contributed by atoms with van der Waals surface area (Å²) in [6.45, 7) is 2.36. The first-order chi connectivity index (χ1) is 9.73. The van der Waals surface area contributed by atoms with Crippen LogP contribution in [-0.2, 0) is 10.2 Å². The van der Waals surface area contributed by atoms with Gasteiger partial charge in [0.1, 0.15) is 11.6 Å². The van der Waals surface area contributed by atoms with E-state index in [9.17, 15) is 8.42 Å². The first-order valence-electron chi connectivity index (χ1n) is 6.95. The van der Waals surface area contributed by atoms with Crippen molar-refractivity contribution in [2.45, 2.75) is 25.8 Å². The van der Waals surface area contributed by atoms with Gasteiger partial charge in [0.15, 0.2) is 0 Å². The van der Waals surface area contributed by atoms with Gasteiger partial charge in [-0.1, -0.05) is 0 Å². The van der Waals surface area contributed by atoms with E-state index in [1.165, 1.54) is 8.61 Å². The van der Waals surface area contributed by atoms with Crippen LogP contribution < -0.4 is 4.90 Å². The maximum absolute atomic E-state index is 12.4. The first-order valence-corrected chi connectivity index (χ1v) is 8.35. The Morgan fingerprint density at radius 2 is 1.90 bits per heavy atom. The van der Waals surface area contributed by atoms with Crippen molar-refractivity contribution < 1.29 is 8.42 Å². The minimum Gasteiger partial charge on any atom is -0.363 e. The smallest absolute Gasteiger partial charge is 0.282 e. The summed E-state index contributed by atoms with van der Waals surface area (Å²) in [5, 5.41) is 0. The van der Waals surface area contributed by atoms with Gasteiger partial charge in [0.2, 0.25) is 0 Å². The van der Waals surface area contributed by atoms with Crippen LogP contribution in [0.5, 0.6) is 0 Å². The summed E-state index contributed by atoms with van der Waals surface area (Å²) in [6, 6.07) is 1.67. The molecule has 7 nitrogen and oxygen atoms in total. The summed E-state index contributed by atoms with van der Waals surface area (Å²) in [5.41, 5.74) is 0.772. The zero-order valence-corrected chi connectivity index (χ0v) is 14.1. The monoisotopic (exact) mass is 313 g/mol. The molecule has 21 heavy (non-hydrogen) atoms. The van der Waals surface area contributed by atoms with E-state index in [1.54, 1.807) is 14.1 Å². The van der Waals surface area contributed by atoms with Crippen LogP contribution in [-0.4, -0.2) is 61.7 Å². The van der Waals surface area contributed by atoms with E-state index in [-0.39, 0.29) is 6.04 Å². The third-order valence-electron chi connectivity index (χ3n) is 3.61. The first kappa shape index (κ1) is 16.1. The second kappa shape index (κ2) is 5.86. The number of aryl methyl sites for hydroxylation is 1. The molecule has 2 heterocycles. The lowest BCUT2D eigenvalue weighted by Crippen LogP contribution is -2.39. The molecule has 8 heteroatoms.